The highest BCUT2D eigenvalue weighted by Gasteiger charge is 2.16. The maximum atomic E-state index is 11.4. The van der Waals surface area contributed by atoms with Crippen molar-refractivity contribution in [1.82, 2.24) is 5.32 Å². The quantitative estimate of drug-likeness (QED) is 0.803. The summed E-state index contributed by atoms with van der Waals surface area (Å²) in [4.78, 5) is 11.4. The molecule has 17 heavy (non-hydrogen) atoms. The third-order valence-electron chi connectivity index (χ3n) is 2.17. The van der Waals surface area contributed by atoms with Crippen molar-refractivity contribution in [2.24, 2.45) is 0 Å². The molecule has 0 radical (unpaired) electrons. The highest BCUT2D eigenvalue weighted by molar-refractivity contribution is 5.70. The van der Waals surface area contributed by atoms with Crippen molar-refractivity contribution in [3.05, 3.63) is 24.2 Å². The van der Waals surface area contributed by atoms with Crippen LogP contribution in [0.2, 0.25) is 0 Å². The van der Waals surface area contributed by atoms with Gasteiger partial charge in [0.2, 0.25) is 0 Å². The molecule has 1 atom stereocenters. The highest BCUT2D eigenvalue weighted by atomic mass is 16.6. The number of nitrogens with one attached hydrogen (secondary N) is 1. The number of hydrogen-bond donors (Lipinski definition) is 1. The standard InChI is InChI=1S/C13H21NO3/c1-10(11-6-5-9-16-11)14-8-7-12(15)17-13(2,3)4/h5-6,9-10,14H,7-8H2,1-4H3. The first kappa shape index (κ1) is 13.8. The Morgan fingerprint density at radius 1 is 1.53 bits per heavy atom. The molecule has 1 heterocycles. The first-order valence-corrected chi connectivity index (χ1v) is 5.87. The van der Waals surface area contributed by atoms with Gasteiger partial charge < -0.3 is 14.5 Å². The van der Waals surface area contributed by atoms with Gasteiger partial charge >= 0.3 is 5.97 Å². The molecule has 0 saturated carbocycles. The van der Waals surface area contributed by atoms with Crippen LogP contribution in [-0.2, 0) is 9.53 Å². The molecule has 1 unspecified atom stereocenters. The van der Waals surface area contributed by atoms with Gasteiger partial charge in [0.05, 0.1) is 18.7 Å². The van der Waals surface area contributed by atoms with Gasteiger partial charge in [-0.15, -0.1) is 0 Å². The average Bonchev–Trinajstić information content (AvgIpc) is 2.66. The maximum absolute atomic E-state index is 11.4. The lowest BCUT2D eigenvalue weighted by atomic mass is 10.2. The summed E-state index contributed by atoms with van der Waals surface area (Å²) < 4.78 is 10.5. The van der Waals surface area contributed by atoms with Crippen molar-refractivity contribution in [2.45, 2.75) is 45.8 Å². The Morgan fingerprint density at radius 2 is 2.24 bits per heavy atom. The molecule has 0 aliphatic heterocycles. The molecule has 0 aromatic carbocycles. The van der Waals surface area contributed by atoms with E-state index in [1.807, 2.05) is 39.8 Å². The molecule has 96 valence electrons. The molecule has 0 spiro atoms. The van der Waals surface area contributed by atoms with E-state index in [0.717, 1.165) is 5.76 Å². The van der Waals surface area contributed by atoms with Crippen LogP contribution in [-0.4, -0.2) is 18.1 Å². The number of rotatable bonds is 5. The summed E-state index contributed by atoms with van der Waals surface area (Å²) in [6.45, 7) is 8.17. The molecule has 4 nitrogen and oxygen atoms in total. The topological polar surface area (TPSA) is 51.5 Å². The number of carbonyl (C=O) groups is 1. The predicted octanol–water partition coefficient (Wildman–Crippen LogP) is 2.66. The fraction of sp³-hybridized carbons (Fsp3) is 0.615. The van der Waals surface area contributed by atoms with Crippen LogP contribution < -0.4 is 5.32 Å². The summed E-state index contributed by atoms with van der Waals surface area (Å²) in [6.07, 6.45) is 2.00. The Kier molecular flexibility index (Phi) is 4.75. The van der Waals surface area contributed by atoms with Gasteiger partial charge in [0.15, 0.2) is 0 Å². The van der Waals surface area contributed by atoms with E-state index in [0.29, 0.717) is 13.0 Å². The van der Waals surface area contributed by atoms with Crippen molar-refractivity contribution >= 4 is 5.97 Å². The van der Waals surface area contributed by atoms with Crippen LogP contribution in [0.3, 0.4) is 0 Å². The summed E-state index contributed by atoms with van der Waals surface area (Å²) in [5, 5.41) is 3.21. The van der Waals surface area contributed by atoms with E-state index < -0.39 is 5.60 Å². The van der Waals surface area contributed by atoms with E-state index in [1.165, 1.54) is 0 Å². The highest BCUT2D eigenvalue weighted by Crippen LogP contribution is 2.12. The van der Waals surface area contributed by atoms with Crippen molar-refractivity contribution < 1.29 is 13.9 Å². The number of esters is 1. The minimum Gasteiger partial charge on any atom is -0.468 e. The van der Waals surface area contributed by atoms with Crippen LogP contribution in [0.15, 0.2) is 22.8 Å². The monoisotopic (exact) mass is 239 g/mol. The second kappa shape index (κ2) is 5.87. The van der Waals surface area contributed by atoms with Crippen LogP contribution in [0.25, 0.3) is 0 Å². The number of ether oxygens (including phenoxy) is 1. The zero-order chi connectivity index (χ0) is 12.9. The lowest BCUT2D eigenvalue weighted by molar-refractivity contribution is -0.154. The fourth-order valence-electron chi connectivity index (χ4n) is 1.42. The summed E-state index contributed by atoms with van der Waals surface area (Å²) in [5.41, 5.74) is -0.413. The molecule has 0 aliphatic rings. The van der Waals surface area contributed by atoms with Crippen molar-refractivity contribution in [3.8, 4) is 0 Å². The molecule has 1 aromatic rings. The second-order valence-corrected chi connectivity index (χ2v) is 5.03. The molecule has 1 aromatic heterocycles. The number of hydrogen-bond acceptors (Lipinski definition) is 4. The van der Waals surface area contributed by atoms with E-state index in [2.05, 4.69) is 5.32 Å². The minimum absolute atomic E-state index is 0.104. The first-order chi connectivity index (χ1) is 7.88. The van der Waals surface area contributed by atoms with E-state index in [9.17, 15) is 4.79 Å². The normalized spacial score (nSPS) is 13.4. The van der Waals surface area contributed by atoms with Gasteiger partial charge in [0.1, 0.15) is 11.4 Å². The van der Waals surface area contributed by atoms with Crippen LogP contribution >= 0.6 is 0 Å². The van der Waals surface area contributed by atoms with Crippen molar-refractivity contribution in [2.75, 3.05) is 6.54 Å². The molecule has 4 heteroatoms. The number of furan rings is 1. The van der Waals surface area contributed by atoms with Crippen molar-refractivity contribution in [1.29, 1.82) is 0 Å². The maximum Gasteiger partial charge on any atom is 0.307 e. The predicted molar refractivity (Wildman–Crippen MR) is 65.6 cm³/mol. The van der Waals surface area contributed by atoms with Gasteiger partial charge in [-0.1, -0.05) is 0 Å². The molecule has 1 N–H and O–H groups in total. The second-order valence-electron chi connectivity index (χ2n) is 5.03. The summed E-state index contributed by atoms with van der Waals surface area (Å²) in [7, 11) is 0. The largest absolute Gasteiger partial charge is 0.468 e. The van der Waals surface area contributed by atoms with E-state index in [1.54, 1.807) is 6.26 Å². The molecule has 1 rings (SSSR count). The molecular formula is C13H21NO3. The summed E-state index contributed by atoms with van der Waals surface area (Å²) in [6, 6.07) is 3.86. The molecular weight excluding hydrogens is 218 g/mol. The van der Waals surface area contributed by atoms with Gasteiger partial charge in [0.25, 0.3) is 0 Å². The van der Waals surface area contributed by atoms with Gasteiger partial charge in [0, 0.05) is 6.54 Å². The van der Waals surface area contributed by atoms with E-state index >= 15 is 0 Å². The lowest BCUT2D eigenvalue weighted by Gasteiger charge is -2.19. The van der Waals surface area contributed by atoms with Crippen LogP contribution in [0.1, 0.15) is 45.9 Å². The Labute approximate surface area is 102 Å². The van der Waals surface area contributed by atoms with E-state index in [4.69, 9.17) is 9.15 Å². The molecule has 0 saturated heterocycles. The van der Waals surface area contributed by atoms with Gasteiger partial charge in [-0.3, -0.25) is 4.79 Å². The molecule has 0 aliphatic carbocycles. The molecule has 0 amide bonds. The van der Waals surface area contributed by atoms with Crippen molar-refractivity contribution in [3.63, 3.8) is 0 Å². The summed E-state index contributed by atoms with van der Waals surface area (Å²) in [5.74, 6) is 0.686. The Bertz CT molecular complexity index is 338. The van der Waals surface area contributed by atoms with Gasteiger partial charge in [-0.25, -0.2) is 0 Å². The third kappa shape index (κ3) is 5.54. The molecule has 0 fully saturated rings. The average molecular weight is 239 g/mol. The Morgan fingerprint density at radius 3 is 2.76 bits per heavy atom. The Balaban J connectivity index is 2.22. The van der Waals surface area contributed by atoms with Crippen LogP contribution in [0.5, 0.6) is 0 Å². The zero-order valence-corrected chi connectivity index (χ0v) is 10.9. The minimum atomic E-state index is -0.413. The third-order valence-corrected chi connectivity index (χ3v) is 2.17. The lowest BCUT2D eigenvalue weighted by Crippen LogP contribution is -2.27. The zero-order valence-electron chi connectivity index (χ0n) is 10.9. The molecule has 0 bridgehead atoms. The first-order valence-electron chi connectivity index (χ1n) is 5.87. The van der Waals surface area contributed by atoms with Crippen LogP contribution in [0.4, 0.5) is 0 Å². The Hall–Kier alpha value is -1.29. The summed E-state index contributed by atoms with van der Waals surface area (Å²) >= 11 is 0. The van der Waals surface area contributed by atoms with Gasteiger partial charge in [-0.05, 0) is 39.8 Å². The van der Waals surface area contributed by atoms with E-state index in [-0.39, 0.29) is 12.0 Å². The van der Waals surface area contributed by atoms with Gasteiger partial charge in [-0.2, -0.15) is 0 Å². The fourth-order valence-corrected chi connectivity index (χ4v) is 1.42. The van der Waals surface area contributed by atoms with Crippen LogP contribution in [0, 0.1) is 0 Å². The smallest absolute Gasteiger partial charge is 0.307 e. The number of carbonyl (C=O) groups excluding carboxylic acids is 1. The SMILES string of the molecule is CC(NCCC(=O)OC(C)(C)C)c1ccco1.